The molecule has 1 atom stereocenters. The summed E-state index contributed by atoms with van der Waals surface area (Å²) >= 11 is 1.91. The lowest BCUT2D eigenvalue weighted by molar-refractivity contribution is 0.320. The molecule has 1 saturated heterocycles. The van der Waals surface area contributed by atoms with Gasteiger partial charge in [-0.25, -0.2) is 4.98 Å². The fourth-order valence-electron chi connectivity index (χ4n) is 2.64. The molecule has 0 N–H and O–H groups in total. The van der Waals surface area contributed by atoms with Gasteiger partial charge in [-0.1, -0.05) is 26.8 Å². The van der Waals surface area contributed by atoms with Crippen molar-refractivity contribution in [3.8, 4) is 0 Å². The van der Waals surface area contributed by atoms with Crippen molar-refractivity contribution in [3.05, 3.63) is 21.7 Å². The van der Waals surface area contributed by atoms with Crippen LogP contribution in [-0.4, -0.2) is 29.5 Å². The highest BCUT2D eigenvalue weighted by molar-refractivity contribution is 7.11. The summed E-state index contributed by atoms with van der Waals surface area (Å²) < 4.78 is 0. The van der Waals surface area contributed by atoms with E-state index in [4.69, 9.17) is 4.98 Å². The highest BCUT2D eigenvalue weighted by Crippen LogP contribution is 2.28. The zero-order chi connectivity index (χ0) is 13.7. The van der Waals surface area contributed by atoms with E-state index in [2.05, 4.69) is 37.8 Å². The molecule has 0 bridgehead atoms. The van der Waals surface area contributed by atoms with Crippen LogP contribution < -0.4 is 0 Å². The largest absolute Gasteiger partial charge is 0.303 e. The molecule has 2 rings (SSSR count). The first kappa shape index (κ1) is 14.7. The molecular formula is C16H26N2S. The third-order valence-electron chi connectivity index (χ3n) is 3.73. The standard InChI is InChI=1S/C16H26N2S/c1-4-6-9-14-15(5-2)19-16(17-14)13(3)12-18-10-7-8-11-18/h6,9,13H,4-5,7-8,10-12H2,1-3H3/b9-6-. The van der Waals surface area contributed by atoms with E-state index < -0.39 is 0 Å². The first-order chi connectivity index (χ1) is 9.24. The maximum absolute atomic E-state index is 4.87. The van der Waals surface area contributed by atoms with Crippen LogP contribution in [0.1, 0.15) is 61.5 Å². The number of nitrogens with zero attached hydrogens (tertiary/aromatic N) is 2. The molecule has 19 heavy (non-hydrogen) atoms. The monoisotopic (exact) mass is 278 g/mol. The van der Waals surface area contributed by atoms with E-state index in [0.717, 1.165) is 12.8 Å². The quantitative estimate of drug-likeness (QED) is 0.770. The van der Waals surface area contributed by atoms with Gasteiger partial charge < -0.3 is 4.90 Å². The molecule has 1 aliphatic rings. The van der Waals surface area contributed by atoms with Crippen LogP contribution in [0.3, 0.4) is 0 Å². The number of allylic oxidation sites excluding steroid dienone is 1. The number of hydrogen-bond acceptors (Lipinski definition) is 3. The van der Waals surface area contributed by atoms with E-state index in [1.807, 2.05) is 11.3 Å². The van der Waals surface area contributed by atoms with Crippen LogP contribution in [0.15, 0.2) is 6.08 Å². The van der Waals surface area contributed by atoms with Gasteiger partial charge in [0.1, 0.15) is 0 Å². The van der Waals surface area contributed by atoms with Crippen molar-refractivity contribution in [3.63, 3.8) is 0 Å². The fraction of sp³-hybridized carbons (Fsp3) is 0.688. The second-order valence-corrected chi connectivity index (χ2v) is 6.55. The van der Waals surface area contributed by atoms with Crippen LogP contribution in [0.5, 0.6) is 0 Å². The molecular weight excluding hydrogens is 252 g/mol. The average molecular weight is 278 g/mol. The molecule has 0 spiro atoms. The Labute approximate surface area is 121 Å². The zero-order valence-electron chi connectivity index (χ0n) is 12.5. The predicted molar refractivity (Wildman–Crippen MR) is 84.9 cm³/mol. The SMILES string of the molecule is CC/C=C\c1nc(C(C)CN2CCCC2)sc1CC. The topological polar surface area (TPSA) is 16.1 Å². The maximum atomic E-state index is 4.87. The lowest BCUT2D eigenvalue weighted by Crippen LogP contribution is -2.24. The summed E-state index contributed by atoms with van der Waals surface area (Å²) in [4.78, 5) is 8.89. The van der Waals surface area contributed by atoms with Gasteiger partial charge in [-0.05, 0) is 44.8 Å². The summed E-state index contributed by atoms with van der Waals surface area (Å²) in [5.41, 5.74) is 1.21. The van der Waals surface area contributed by atoms with E-state index in [1.165, 1.54) is 48.1 Å². The fourth-order valence-corrected chi connectivity index (χ4v) is 3.67. The van der Waals surface area contributed by atoms with Crippen LogP contribution in [0, 0.1) is 0 Å². The summed E-state index contributed by atoms with van der Waals surface area (Å²) in [6, 6.07) is 0. The van der Waals surface area contributed by atoms with Gasteiger partial charge in [-0.2, -0.15) is 0 Å². The third kappa shape index (κ3) is 3.90. The van der Waals surface area contributed by atoms with E-state index >= 15 is 0 Å². The Morgan fingerprint density at radius 3 is 2.68 bits per heavy atom. The Bertz CT molecular complexity index is 416. The van der Waals surface area contributed by atoms with Crippen LogP contribution in [0.4, 0.5) is 0 Å². The highest BCUT2D eigenvalue weighted by Gasteiger charge is 2.19. The van der Waals surface area contributed by atoms with Gasteiger partial charge in [-0.3, -0.25) is 0 Å². The predicted octanol–water partition coefficient (Wildman–Crippen LogP) is 4.33. The summed E-state index contributed by atoms with van der Waals surface area (Å²) in [5, 5.41) is 1.32. The van der Waals surface area contributed by atoms with Crippen molar-refractivity contribution < 1.29 is 0 Å². The molecule has 1 fully saturated rings. The van der Waals surface area contributed by atoms with Crippen molar-refractivity contribution >= 4 is 17.4 Å². The van der Waals surface area contributed by atoms with Crippen LogP contribution in [-0.2, 0) is 6.42 Å². The smallest absolute Gasteiger partial charge is 0.0976 e. The number of likely N-dealkylation sites (tertiary alicyclic amines) is 1. The minimum absolute atomic E-state index is 0.567. The van der Waals surface area contributed by atoms with E-state index in [1.54, 1.807) is 0 Å². The second kappa shape index (κ2) is 7.20. The highest BCUT2D eigenvalue weighted by atomic mass is 32.1. The Morgan fingerprint density at radius 2 is 2.05 bits per heavy atom. The van der Waals surface area contributed by atoms with Gasteiger partial charge in [0.25, 0.3) is 0 Å². The first-order valence-electron chi connectivity index (χ1n) is 7.63. The van der Waals surface area contributed by atoms with Gasteiger partial charge in [0.15, 0.2) is 0 Å². The lowest BCUT2D eigenvalue weighted by atomic mass is 10.2. The third-order valence-corrected chi connectivity index (χ3v) is 5.18. The van der Waals surface area contributed by atoms with E-state index in [0.29, 0.717) is 5.92 Å². The molecule has 0 aromatic carbocycles. The molecule has 1 unspecified atom stereocenters. The first-order valence-corrected chi connectivity index (χ1v) is 8.44. The second-order valence-electron chi connectivity index (χ2n) is 5.43. The Balaban J connectivity index is 2.06. The van der Waals surface area contributed by atoms with Crippen molar-refractivity contribution in [1.82, 2.24) is 9.88 Å². The van der Waals surface area contributed by atoms with Gasteiger partial charge in [0.2, 0.25) is 0 Å². The molecule has 0 saturated carbocycles. The lowest BCUT2D eigenvalue weighted by Gasteiger charge is -2.18. The van der Waals surface area contributed by atoms with Gasteiger partial charge in [0.05, 0.1) is 10.7 Å². The van der Waals surface area contributed by atoms with Gasteiger partial charge in [-0.15, -0.1) is 11.3 Å². The molecule has 1 aromatic rings. The van der Waals surface area contributed by atoms with Crippen molar-refractivity contribution in [1.29, 1.82) is 0 Å². The maximum Gasteiger partial charge on any atom is 0.0976 e. The molecule has 0 amide bonds. The van der Waals surface area contributed by atoms with Crippen molar-refractivity contribution in [2.45, 2.75) is 52.4 Å². The number of rotatable bonds is 6. The summed E-state index contributed by atoms with van der Waals surface area (Å²) in [6.45, 7) is 10.5. The van der Waals surface area contributed by atoms with Crippen LogP contribution >= 0.6 is 11.3 Å². The summed E-state index contributed by atoms with van der Waals surface area (Å²) in [6.07, 6.45) is 9.33. The molecule has 2 nitrogen and oxygen atoms in total. The van der Waals surface area contributed by atoms with E-state index in [-0.39, 0.29) is 0 Å². The normalized spacial score (nSPS) is 18.5. The van der Waals surface area contributed by atoms with Crippen LogP contribution in [0.25, 0.3) is 6.08 Å². The minimum Gasteiger partial charge on any atom is -0.303 e. The number of aromatic nitrogens is 1. The van der Waals surface area contributed by atoms with Crippen molar-refractivity contribution in [2.75, 3.05) is 19.6 Å². The zero-order valence-corrected chi connectivity index (χ0v) is 13.3. The molecule has 2 heterocycles. The molecule has 1 aromatic heterocycles. The summed E-state index contributed by atoms with van der Waals surface area (Å²) in [5.74, 6) is 0.567. The molecule has 106 valence electrons. The summed E-state index contributed by atoms with van der Waals surface area (Å²) in [7, 11) is 0. The van der Waals surface area contributed by atoms with Gasteiger partial charge >= 0.3 is 0 Å². The minimum atomic E-state index is 0.567. The van der Waals surface area contributed by atoms with E-state index in [9.17, 15) is 0 Å². The van der Waals surface area contributed by atoms with Gasteiger partial charge in [0, 0.05) is 17.3 Å². The van der Waals surface area contributed by atoms with Crippen LogP contribution in [0.2, 0.25) is 0 Å². The molecule has 3 heteroatoms. The molecule has 0 aliphatic carbocycles. The number of hydrogen-bond donors (Lipinski definition) is 0. The number of thiazole rings is 1. The number of aryl methyl sites for hydroxylation is 1. The molecule has 0 radical (unpaired) electrons. The Kier molecular flexibility index (Phi) is 5.59. The van der Waals surface area contributed by atoms with Crippen molar-refractivity contribution in [2.24, 2.45) is 0 Å². The molecule has 1 aliphatic heterocycles. The Morgan fingerprint density at radius 1 is 1.32 bits per heavy atom. The average Bonchev–Trinajstić information content (AvgIpc) is 3.04. The Hall–Kier alpha value is -0.670.